The van der Waals surface area contributed by atoms with Crippen LogP contribution in [0.4, 0.5) is 13.2 Å². The van der Waals surface area contributed by atoms with Gasteiger partial charge in [-0.2, -0.15) is 4.39 Å². The topological polar surface area (TPSA) is 39.2 Å². The molecule has 0 radical (unpaired) electrons. The molecule has 0 aliphatic heterocycles. The predicted octanol–water partition coefficient (Wildman–Crippen LogP) is 3.07. The smallest absolute Gasteiger partial charge is 0.357 e. The number of hydrogen-bond donors (Lipinski definition) is 0. The third-order valence-corrected chi connectivity index (χ3v) is 2.23. The molecule has 0 atom stereocenters. The minimum Gasteiger partial charge on any atom is -0.461 e. The maximum absolute atomic E-state index is 13.3. The van der Waals surface area contributed by atoms with Crippen LogP contribution in [0.2, 0.25) is 0 Å². The third-order valence-electron chi connectivity index (χ3n) is 1.94. The van der Waals surface area contributed by atoms with Crippen molar-refractivity contribution in [2.24, 2.45) is 0 Å². The van der Waals surface area contributed by atoms with Crippen LogP contribution in [0.1, 0.15) is 35.0 Å². The minimum atomic E-state index is -3.03. The Balaban J connectivity index is 3.22. The number of halogens is 4. The number of pyridine rings is 1. The number of rotatable bonds is 4. The van der Waals surface area contributed by atoms with Crippen LogP contribution in [-0.4, -0.2) is 17.6 Å². The average Bonchev–Trinajstić information content (AvgIpc) is 2.27. The van der Waals surface area contributed by atoms with Crippen LogP contribution in [0.15, 0.2) is 6.07 Å². The van der Waals surface area contributed by atoms with Gasteiger partial charge < -0.3 is 4.74 Å². The summed E-state index contributed by atoms with van der Waals surface area (Å²) in [6.45, 7) is 1.64. The summed E-state index contributed by atoms with van der Waals surface area (Å²) in [5.41, 5.74) is -1.42. The molecule has 0 aromatic carbocycles. The Bertz CT molecular complexity index is 426. The SMILES string of the molecule is CCOC(=O)c1cc(CCl)c(C(F)F)c(F)n1. The van der Waals surface area contributed by atoms with Crippen LogP contribution >= 0.6 is 11.6 Å². The summed E-state index contributed by atoms with van der Waals surface area (Å²) >= 11 is 5.42. The molecule has 94 valence electrons. The van der Waals surface area contributed by atoms with E-state index in [1.807, 2.05) is 0 Å². The molecular formula is C10H9ClF3NO2. The van der Waals surface area contributed by atoms with Crippen molar-refractivity contribution in [3.63, 3.8) is 0 Å². The zero-order valence-electron chi connectivity index (χ0n) is 8.84. The van der Waals surface area contributed by atoms with Gasteiger partial charge in [-0.1, -0.05) is 0 Å². The molecule has 1 heterocycles. The molecule has 0 spiro atoms. The van der Waals surface area contributed by atoms with Crippen molar-refractivity contribution in [3.8, 4) is 0 Å². The van der Waals surface area contributed by atoms with E-state index in [0.29, 0.717) is 0 Å². The summed E-state index contributed by atoms with van der Waals surface area (Å²) in [6.07, 6.45) is -3.03. The van der Waals surface area contributed by atoms with E-state index in [-0.39, 0.29) is 23.7 Å². The van der Waals surface area contributed by atoms with E-state index in [9.17, 15) is 18.0 Å². The number of esters is 1. The largest absolute Gasteiger partial charge is 0.461 e. The fourth-order valence-electron chi connectivity index (χ4n) is 1.22. The van der Waals surface area contributed by atoms with E-state index in [2.05, 4.69) is 9.72 Å². The lowest BCUT2D eigenvalue weighted by Gasteiger charge is -2.09. The molecule has 0 aliphatic rings. The zero-order chi connectivity index (χ0) is 13.0. The van der Waals surface area contributed by atoms with Crippen LogP contribution in [0.25, 0.3) is 0 Å². The molecule has 0 N–H and O–H groups in total. The van der Waals surface area contributed by atoms with Gasteiger partial charge in [-0.05, 0) is 18.6 Å². The van der Waals surface area contributed by atoms with Gasteiger partial charge in [-0.25, -0.2) is 18.6 Å². The lowest BCUT2D eigenvalue weighted by molar-refractivity contribution is 0.0516. The van der Waals surface area contributed by atoms with Crippen molar-refractivity contribution in [1.29, 1.82) is 0 Å². The van der Waals surface area contributed by atoms with Gasteiger partial charge in [0.05, 0.1) is 12.2 Å². The molecule has 3 nitrogen and oxygen atoms in total. The first-order valence-electron chi connectivity index (χ1n) is 4.71. The van der Waals surface area contributed by atoms with Crippen molar-refractivity contribution >= 4 is 17.6 Å². The van der Waals surface area contributed by atoms with Crippen molar-refractivity contribution in [2.75, 3.05) is 6.61 Å². The Morgan fingerprint density at radius 2 is 2.24 bits per heavy atom. The summed E-state index contributed by atoms with van der Waals surface area (Å²) < 4.78 is 42.9. The van der Waals surface area contributed by atoms with E-state index >= 15 is 0 Å². The van der Waals surface area contributed by atoms with Crippen molar-refractivity contribution < 1.29 is 22.7 Å². The van der Waals surface area contributed by atoms with Gasteiger partial charge in [0.25, 0.3) is 6.43 Å². The third kappa shape index (κ3) is 3.09. The minimum absolute atomic E-state index is 0.0783. The van der Waals surface area contributed by atoms with E-state index < -0.39 is 23.9 Å². The highest BCUT2D eigenvalue weighted by molar-refractivity contribution is 6.17. The Labute approximate surface area is 101 Å². The highest BCUT2D eigenvalue weighted by Crippen LogP contribution is 2.27. The van der Waals surface area contributed by atoms with Gasteiger partial charge in [-0.3, -0.25) is 0 Å². The Kier molecular flexibility index (Phi) is 4.74. The fraction of sp³-hybridized carbons (Fsp3) is 0.400. The fourth-order valence-corrected chi connectivity index (χ4v) is 1.44. The number of hydrogen-bond acceptors (Lipinski definition) is 3. The van der Waals surface area contributed by atoms with Crippen LogP contribution in [0, 0.1) is 5.95 Å². The summed E-state index contributed by atoms with van der Waals surface area (Å²) in [7, 11) is 0. The number of alkyl halides is 3. The van der Waals surface area contributed by atoms with Gasteiger partial charge in [-0.15, -0.1) is 11.6 Å². The highest BCUT2D eigenvalue weighted by atomic mass is 35.5. The number of carbonyl (C=O) groups excluding carboxylic acids is 1. The normalized spacial score (nSPS) is 10.7. The van der Waals surface area contributed by atoms with Gasteiger partial charge in [0, 0.05) is 5.88 Å². The molecular weight excluding hydrogens is 259 g/mol. The van der Waals surface area contributed by atoms with Crippen LogP contribution < -0.4 is 0 Å². The first kappa shape index (κ1) is 13.8. The summed E-state index contributed by atoms with van der Waals surface area (Å²) in [6, 6.07) is 1.01. The lowest BCUT2D eigenvalue weighted by Crippen LogP contribution is -2.11. The second-order valence-corrected chi connectivity index (χ2v) is 3.29. The van der Waals surface area contributed by atoms with E-state index in [1.165, 1.54) is 0 Å². The second-order valence-electron chi connectivity index (χ2n) is 3.03. The van der Waals surface area contributed by atoms with Crippen molar-refractivity contribution in [3.05, 3.63) is 28.8 Å². The quantitative estimate of drug-likeness (QED) is 0.478. The molecule has 1 aromatic heterocycles. The number of carbonyl (C=O) groups is 1. The molecule has 0 saturated carbocycles. The number of ether oxygens (including phenoxy) is 1. The Morgan fingerprint density at radius 3 is 2.71 bits per heavy atom. The zero-order valence-corrected chi connectivity index (χ0v) is 9.60. The molecule has 0 fully saturated rings. The molecule has 0 amide bonds. The Morgan fingerprint density at radius 1 is 1.59 bits per heavy atom. The van der Waals surface area contributed by atoms with Crippen molar-refractivity contribution in [1.82, 2.24) is 4.98 Å². The molecule has 0 aliphatic carbocycles. The van der Waals surface area contributed by atoms with Crippen LogP contribution in [0.5, 0.6) is 0 Å². The van der Waals surface area contributed by atoms with E-state index in [1.54, 1.807) is 6.92 Å². The first-order valence-corrected chi connectivity index (χ1v) is 5.25. The lowest BCUT2D eigenvalue weighted by atomic mass is 10.1. The van der Waals surface area contributed by atoms with Gasteiger partial charge in [0.1, 0.15) is 0 Å². The van der Waals surface area contributed by atoms with E-state index in [0.717, 1.165) is 6.07 Å². The van der Waals surface area contributed by atoms with E-state index in [4.69, 9.17) is 11.6 Å². The van der Waals surface area contributed by atoms with Gasteiger partial charge in [0.15, 0.2) is 5.69 Å². The average molecular weight is 268 g/mol. The molecule has 0 bridgehead atoms. The molecule has 17 heavy (non-hydrogen) atoms. The molecule has 7 heteroatoms. The number of nitrogens with zero attached hydrogens (tertiary/aromatic N) is 1. The second kappa shape index (κ2) is 5.86. The monoisotopic (exact) mass is 267 g/mol. The van der Waals surface area contributed by atoms with Gasteiger partial charge in [0.2, 0.25) is 5.95 Å². The van der Waals surface area contributed by atoms with Crippen LogP contribution in [0.3, 0.4) is 0 Å². The molecule has 1 rings (SSSR count). The van der Waals surface area contributed by atoms with Crippen LogP contribution in [-0.2, 0) is 10.6 Å². The van der Waals surface area contributed by atoms with Gasteiger partial charge >= 0.3 is 5.97 Å². The highest BCUT2D eigenvalue weighted by Gasteiger charge is 2.22. The molecule has 1 aromatic rings. The predicted molar refractivity (Wildman–Crippen MR) is 54.7 cm³/mol. The standard InChI is InChI=1S/C10H9ClF3NO2/c1-2-17-10(16)6-3-5(4-11)7(8(12)13)9(14)15-6/h3,8H,2,4H2,1H3. The maximum atomic E-state index is 13.3. The number of aromatic nitrogens is 1. The summed E-state index contributed by atoms with van der Waals surface area (Å²) in [5, 5.41) is 0. The summed E-state index contributed by atoms with van der Waals surface area (Å²) in [4.78, 5) is 14.4. The maximum Gasteiger partial charge on any atom is 0.357 e. The first-order chi connectivity index (χ1) is 8.01. The summed E-state index contributed by atoms with van der Waals surface area (Å²) in [5.74, 6) is -2.62. The molecule has 0 unspecified atom stereocenters. The van der Waals surface area contributed by atoms with Crippen molar-refractivity contribution in [2.45, 2.75) is 19.2 Å². The Hall–Kier alpha value is -1.30. The molecule has 0 saturated heterocycles.